The molecule has 2 aliphatic rings. The van der Waals surface area contributed by atoms with Gasteiger partial charge in [-0.1, -0.05) is 20.8 Å². The highest BCUT2D eigenvalue weighted by Crippen LogP contribution is 2.60. The fourth-order valence-electron chi connectivity index (χ4n) is 2.29. The van der Waals surface area contributed by atoms with E-state index in [0.717, 1.165) is 0 Å². The molecule has 76 valence electrons. The second-order valence-electron chi connectivity index (χ2n) is 6.18. The molecule has 1 heteroatoms. The molecule has 1 aliphatic heterocycles. The molecule has 1 heterocycles. The average Bonchev–Trinajstić information content (AvgIpc) is 2.80. The number of epoxide rings is 1. The summed E-state index contributed by atoms with van der Waals surface area (Å²) in [6.07, 6.45) is 6.73. The first-order valence-corrected chi connectivity index (χ1v) is 5.58. The van der Waals surface area contributed by atoms with E-state index >= 15 is 0 Å². The fraction of sp³-hybridized carbons (Fsp3) is 1.00. The molecule has 2 atom stereocenters. The van der Waals surface area contributed by atoms with Gasteiger partial charge in [-0.05, 0) is 43.4 Å². The lowest BCUT2D eigenvalue weighted by Crippen LogP contribution is -2.15. The van der Waals surface area contributed by atoms with Crippen LogP contribution in [0.2, 0.25) is 0 Å². The van der Waals surface area contributed by atoms with Crippen LogP contribution in [0.3, 0.4) is 0 Å². The Hall–Kier alpha value is -0.0400. The number of hydrogen-bond acceptors (Lipinski definition) is 1. The maximum atomic E-state index is 5.61. The van der Waals surface area contributed by atoms with Gasteiger partial charge in [-0.25, -0.2) is 0 Å². The van der Waals surface area contributed by atoms with Gasteiger partial charge in [0.25, 0.3) is 0 Å². The second kappa shape index (κ2) is 2.73. The molecule has 0 radical (unpaired) electrons. The van der Waals surface area contributed by atoms with E-state index in [1.165, 1.54) is 25.7 Å². The summed E-state index contributed by atoms with van der Waals surface area (Å²) in [6, 6.07) is 0. The van der Waals surface area contributed by atoms with Crippen LogP contribution >= 0.6 is 0 Å². The molecule has 0 aromatic carbocycles. The summed E-state index contributed by atoms with van der Waals surface area (Å²) >= 11 is 0. The van der Waals surface area contributed by atoms with Crippen molar-refractivity contribution in [2.45, 2.75) is 65.6 Å². The van der Waals surface area contributed by atoms with Gasteiger partial charge in [0.1, 0.15) is 0 Å². The third-order valence-corrected chi connectivity index (χ3v) is 3.58. The van der Waals surface area contributed by atoms with Gasteiger partial charge in [0.15, 0.2) is 0 Å². The molecular weight excluding hydrogens is 160 g/mol. The summed E-state index contributed by atoms with van der Waals surface area (Å²) in [5, 5.41) is 0. The largest absolute Gasteiger partial charge is 0.369 e. The number of ether oxygens (including phenoxy) is 1. The van der Waals surface area contributed by atoms with Crippen molar-refractivity contribution in [3.63, 3.8) is 0 Å². The van der Waals surface area contributed by atoms with Crippen LogP contribution in [0.1, 0.15) is 53.4 Å². The third-order valence-electron chi connectivity index (χ3n) is 3.58. The predicted molar refractivity (Wildman–Crippen MR) is 54.7 cm³/mol. The van der Waals surface area contributed by atoms with Crippen LogP contribution in [-0.4, -0.2) is 12.2 Å². The molecule has 2 fully saturated rings. The van der Waals surface area contributed by atoms with Gasteiger partial charge in [0.2, 0.25) is 0 Å². The van der Waals surface area contributed by atoms with Crippen LogP contribution in [-0.2, 0) is 4.74 Å². The van der Waals surface area contributed by atoms with E-state index in [1.54, 1.807) is 0 Å². The van der Waals surface area contributed by atoms with Gasteiger partial charge in [-0.15, -0.1) is 0 Å². The van der Waals surface area contributed by atoms with E-state index in [1.807, 2.05) is 0 Å². The molecule has 0 spiro atoms. The Kier molecular flexibility index (Phi) is 1.99. The standard InChI is InChI=1S/C12H22O/c1-9-10(13-9)12(7-8-12)6-5-11(2,3)4/h9-10H,5-8H2,1-4H3. The highest BCUT2D eigenvalue weighted by Gasteiger charge is 2.58. The molecule has 2 rings (SSSR count). The zero-order chi connectivity index (χ0) is 9.69. The monoisotopic (exact) mass is 182 g/mol. The quantitative estimate of drug-likeness (QED) is 0.610. The van der Waals surface area contributed by atoms with E-state index < -0.39 is 0 Å². The lowest BCUT2D eigenvalue weighted by atomic mass is 9.83. The molecular formula is C12H22O. The molecule has 0 N–H and O–H groups in total. The van der Waals surface area contributed by atoms with Crippen LogP contribution in [0.25, 0.3) is 0 Å². The summed E-state index contributed by atoms with van der Waals surface area (Å²) in [5.74, 6) is 0. The molecule has 1 saturated carbocycles. The maximum absolute atomic E-state index is 5.61. The van der Waals surface area contributed by atoms with Crippen molar-refractivity contribution in [1.29, 1.82) is 0 Å². The van der Waals surface area contributed by atoms with E-state index in [9.17, 15) is 0 Å². The van der Waals surface area contributed by atoms with Crippen LogP contribution < -0.4 is 0 Å². The van der Waals surface area contributed by atoms with Gasteiger partial charge in [-0.2, -0.15) is 0 Å². The molecule has 13 heavy (non-hydrogen) atoms. The molecule has 1 aliphatic carbocycles. The number of rotatable bonds is 3. The van der Waals surface area contributed by atoms with Crippen molar-refractivity contribution < 1.29 is 4.74 Å². The Labute approximate surface area is 81.9 Å². The first-order chi connectivity index (χ1) is 5.93. The van der Waals surface area contributed by atoms with Crippen molar-refractivity contribution in [1.82, 2.24) is 0 Å². The van der Waals surface area contributed by atoms with E-state index in [4.69, 9.17) is 4.74 Å². The van der Waals surface area contributed by atoms with Crippen molar-refractivity contribution in [3.8, 4) is 0 Å². The lowest BCUT2D eigenvalue weighted by molar-refractivity contribution is 0.252. The normalized spacial score (nSPS) is 36.0. The Morgan fingerprint density at radius 3 is 2.15 bits per heavy atom. The minimum Gasteiger partial charge on any atom is -0.369 e. The van der Waals surface area contributed by atoms with Crippen LogP contribution in [0, 0.1) is 10.8 Å². The highest BCUT2D eigenvalue weighted by atomic mass is 16.6. The van der Waals surface area contributed by atoms with Gasteiger partial charge < -0.3 is 4.74 Å². The molecule has 1 nitrogen and oxygen atoms in total. The summed E-state index contributed by atoms with van der Waals surface area (Å²) in [5.41, 5.74) is 1.11. The van der Waals surface area contributed by atoms with Crippen molar-refractivity contribution in [3.05, 3.63) is 0 Å². The van der Waals surface area contributed by atoms with Gasteiger partial charge >= 0.3 is 0 Å². The molecule has 0 amide bonds. The zero-order valence-corrected chi connectivity index (χ0v) is 9.39. The van der Waals surface area contributed by atoms with Gasteiger partial charge in [0.05, 0.1) is 12.2 Å². The van der Waals surface area contributed by atoms with Gasteiger partial charge in [0, 0.05) is 0 Å². The highest BCUT2D eigenvalue weighted by molar-refractivity contribution is 5.07. The second-order valence-corrected chi connectivity index (χ2v) is 6.18. The molecule has 0 bridgehead atoms. The Morgan fingerprint density at radius 2 is 1.85 bits per heavy atom. The van der Waals surface area contributed by atoms with Crippen LogP contribution in [0.15, 0.2) is 0 Å². The van der Waals surface area contributed by atoms with Crippen LogP contribution in [0.4, 0.5) is 0 Å². The zero-order valence-electron chi connectivity index (χ0n) is 9.39. The van der Waals surface area contributed by atoms with E-state index in [0.29, 0.717) is 23.0 Å². The third kappa shape index (κ3) is 2.07. The van der Waals surface area contributed by atoms with Gasteiger partial charge in [-0.3, -0.25) is 0 Å². The molecule has 2 unspecified atom stereocenters. The van der Waals surface area contributed by atoms with Crippen molar-refractivity contribution in [2.24, 2.45) is 10.8 Å². The van der Waals surface area contributed by atoms with E-state index in [2.05, 4.69) is 27.7 Å². The molecule has 0 aromatic rings. The fourth-order valence-corrected chi connectivity index (χ4v) is 2.29. The first-order valence-electron chi connectivity index (χ1n) is 5.58. The van der Waals surface area contributed by atoms with Crippen molar-refractivity contribution >= 4 is 0 Å². The van der Waals surface area contributed by atoms with Crippen molar-refractivity contribution in [2.75, 3.05) is 0 Å². The molecule has 0 aromatic heterocycles. The average molecular weight is 182 g/mol. The smallest absolute Gasteiger partial charge is 0.0895 e. The number of hydrogen-bond donors (Lipinski definition) is 0. The Balaban J connectivity index is 1.81. The van der Waals surface area contributed by atoms with Crippen LogP contribution in [0.5, 0.6) is 0 Å². The maximum Gasteiger partial charge on any atom is 0.0895 e. The molecule has 1 saturated heterocycles. The topological polar surface area (TPSA) is 12.5 Å². The predicted octanol–water partition coefficient (Wildman–Crippen LogP) is 3.38. The lowest BCUT2D eigenvalue weighted by Gasteiger charge is -2.21. The summed E-state index contributed by atoms with van der Waals surface area (Å²) in [4.78, 5) is 0. The first kappa shape index (κ1) is 9.51. The summed E-state index contributed by atoms with van der Waals surface area (Å²) in [7, 11) is 0. The van der Waals surface area contributed by atoms with E-state index in [-0.39, 0.29) is 0 Å². The minimum absolute atomic E-state index is 0.494. The SMILES string of the molecule is CC1OC1C1(CCC(C)(C)C)CC1. The minimum atomic E-state index is 0.494. The summed E-state index contributed by atoms with van der Waals surface area (Å²) < 4.78 is 5.61. The summed E-state index contributed by atoms with van der Waals surface area (Å²) in [6.45, 7) is 9.21. The Bertz CT molecular complexity index is 198. The Morgan fingerprint density at radius 1 is 1.31 bits per heavy atom.